The first kappa shape index (κ1) is 14.5. The molecule has 3 rings (SSSR count). The van der Waals surface area contributed by atoms with Crippen molar-refractivity contribution < 1.29 is 4.79 Å². The Balaban J connectivity index is 1.91. The molecule has 0 unspecified atom stereocenters. The van der Waals surface area contributed by atoms with Gasteiger partial charge >= 0.3 is 0 Å². The van der Waals surface area contributed by atoms with Crippen LogP contribution in [-0.2, 0) is 0 Å². The highest BCUT2D eigenvalue weighted by Gasteiger charge is 2.18. The van der Waals surface area contributed by atoms with Crippen molar-refractivity contribution in [3.05, 3.63) is 64.3 Å². The number of halogens is 1. The zero-order chi connectivity index (χ0) is 15.5. The van der Waals surface area contributed by atoms with E-state index in [4.69, 9.17) is 0 Å². The van der Waals surface area contributed by atoms with E-state index in [0.29, 0.717) is 5.69 Å². The van der Waals surface area contributed by atoms with Crippen LogP contribution in [0.3, 0.4) is 0 Å². The van der Waals surface area contributed by atoms with Crippen molar-refractivity contribution in [1.82, 2.24) is 15.4 Å². The summed E-state index contributed by atoms with van der Waals surface area (Å²) in [5.41, 5.74) is 3.34. The Bertz CT molecular complexity index is 814. The van der Waals surface area contributed by atoms with Gasteiger partial charge in [-0.2, -0.15) is 15.4 Å². The third-order valence-corrected chi connectivity index (χ3v) is 4.19. The minimum atomic E-state index is -0.297. The van der Waals surface area contributed by atoms with Crippen molar-refractivity contribution in [1.29, 1.82) is 0 Å². The van der Waals surface area contributed by atoms with Crippen molar-refractivity contribution in [2.45, 2.75) is 6.92 Å². The predicted octanol–water partition coefficient (Wildman–Crippen LogP) is 3.79. The van der Waals surface area contributed by atoms with Crippen LogP contribution in [-0.4, -0.2) is 21.3 Å². The van der Waals surface area contributed by atoms with Gasteiger partial charge in [-0.05, 0) is 24.6 Å². The first-order valence-electron chi connectivity index (χ1n) is 6.69. The number of benzene rings is 2. The number of carbonyl (C=O) groups is 1. The molecular formula is C16H13BrN4O. The first-order chi connectivity index (χ1) is 10.7. The predicted molar refractivity (Wildman–Crippen MR) is 88.7 cm³/mol. The highest BCUT2D eigenvalue weighted by molar-refractivity contribution is 9.10. The van der Waals surface area contributed by atoms with Gasteiger partial charge in [0.05, 0.1) is 0 Å². The van der Waals surface area contributed by atoms with Crippen LogP contribution in [0.5, 0.6) is 0 Å². The third-order valence-electron chi connectivity index (χ3n) is 3.33. The van der Waals surface area contributed by atoms with Gasteiger partial charge in [0.2, 0.25) is 0 Å². The number of H-pyrrole nitrogens is 1. The van der Waals surface area contributed by atoms with Gasteiger partial charge in [-0.25, -0.2) is 0 Å². The maximum atomic E-state index is 12.5. The summed E-state index contributed by atoms with van der Waals surface area (Å²) in [6, 6.07) is 15.1. The van der Waals surface area contributed by atoms with Gasteiger partial charge < -0.3 is 5.32 Å². The Hall–Kier alpha value is -2.47. The number of amides is 1. The van der Waals surface area contributed by atoms with Crippen LogP contribution in [0.1, 0.15) is 16.1 Å². The molecule has 2 aromatic carbocycles. The van der Waals surface area contributed by atoms with E-state index in [9.17, 15) is 4.79 Å². The van der Waals surface area contributed by atoms with Crippen LogP contribution < -0.4 is 5.32 Å². The number of aromatic nitrogens is 3. The second-order valence-corrected chi connectivity index (χ2v) is 5.61. The lowest BCUT2D eigenvalue weighted by atomic mass is 10.1. The maximum Gasteiger partial charge on any atom is 0.278 e. The van der Waals surface area contributed by atoms with Gasteiger partial charge in [0.25, 0.3) is 5.91 Å². The average molecular weight is 357 g/mol. The molecule has 0 saturated heterocycles. The highest BCUT2D eigenvalue weighted by atomic mass is 79.9. The summed E-state index contributed by atoms with van der Waals surface area (Å²) in [6.07, 6.45) is 0. The van der Waals surface area contributed by atoms with Gasteiger partial charge in [0.15, 0.2) is 5.69 Å². The van der Waals surface area contributed by atoms with Crippen molar-refractivity contribution >= 4 is 27.5 Å². The van der Waals surface area contributed by atoms with E-state index in [1.165, 1.54) is 0 Å². The standard InChI is InChI=1S/C16H13BrN4O/c1-10-12(17)8-5-9-13(10)18-16(22)15-14(19-21-20-15)11-6-3-2-4-7-11/h2-9H,1H3,(H,18,22)(H,19,20,21). The Labute approximate surface area is 135 Å². The second-order valence-electron chi connectivity index (χ2n) is 4.75. The maximum absolute atomic E-state index is 12.5. The number of hydrogen-bond donors (Lipinski definition) is 2. The van der Waals surface area contributed by atoms with E-state index in [1.54, 1.807) is 0 Å². The largest absolute Gasteiger partial charge is 0.320 e. The molecule has 1 aromatic heterocycles. The lowest BCUT2D eigenvalue weighted by molar-refractivity contribution is 0.102. The molecule has 110 valence electrons. The van der Waals surface area contributed by atoms with E-state index in [-0.39, 0.29) is 11.6 Å². The summed E-state index contributed by atoms with van der Waals surface area (Å²) in [5.74, 6) is -0.297. The monoisotopic (exact) mass is 356 g/mol. The van der Waals surface area contributed by atoms with E-state index in [1.807, 2.05) is 55.5 Å². The molecule has 1 amide bonds. The number of carbonyl (C=O) groups excluding carboxylic acids is 1. The van der Waals surface area contributed by atoms with Gasteiger partial charge in [-0.15, -0.1) is 0 Å². The molecule has 0 aliphatic heterocycles. The summed E-state index contributed by atoms with van der Waals surface area (Å²) in [7, 11) is 0. The second kappa shape index (κ2) is 6.11. The summed E-state index contributed by atoms with van der Waals surface area (Å²) < 4.78 is 0.939. The fourth-order valence-electron chi connectivity index (χ4n) is 2.11. The Morgan fingerprint density at radius 1 is 1.09 bits per heavy atom. The Morgan fingerprint density at radius 2 is 1.86 bits per heavy atom. The third kappa shape index (κ3) is 2.78. The van der Waals surface area contributed by atoms with Crippen molar-refractivity contribution in [3.63, 3.8) is 0 Å². The van der Waals surface area contributed by atoms with Crippen LogP contribution in [0.25, 0.3) is 11.3 Å². The molecule has 0 bridgehead atoms. The van der Waals surface area contributed by atoms with Crippen LogP contribution in [0.4, 0.5) is 5.69 Å². The lowest BCUT2D eigenvalue weighted by Gasteiger charge is -2.09. The van der Waals surface area contributed by atoms with Crippen LogP contribution in [0.15, 0.2) is 53.0 Å². The summed E-state index contributed by atoms with van der Waals surface area (Å²) in [6.45, 7) is 1.93. The number of rotatable bonds is 3. The summed E-state index contributed by atoms with van der Waals surface area (Å²) in [4.78, 5) is 12.5. The molecule has 6 heteroatoms. The molecule has 22 heavy (non-hydrogen) atoms. The van der Waals surface area contributed by atoms with E-state index in [2.05, 4.69) is 36.7 Å². The fourth-order valence-corrected chi connectivity index (χ4v) is 2.48. The molecule has 0 radical (unpaired) electrons. The minimum Gasteiger partial charge on any atom is -0.320 e. The molecule has 0 aliphatic carbocycles. The summed E-state index contributed by atoms with van der Waals surface area (Å²) >= 11 is 3.45. The highest BCUT2D eigenvalue weighted by Crippen LogP contribution is 2.25. The van der Waals surface area contributed by atoms with E-state index < -0.39 is 0 Å². The number of anilines is 1. The van der Waals surface area contributed by atoms with Crippen molar-refractivity contribution in [2.24, 2.45) is 0 Å². The molecule has 1 heterocycles. The molecule has 0 spiro atoms. The quantitative estimate of drug-likeness (QED) is 0.749. The number of nitrogens with one attached hydrogen (secondary N) is 2. The van der Waals surface area contributed by atoms with Gasteiger partial charge in [0.1, 0.15) is 5.69 Å². The molecule has 3 aromatic rings. The zero-order valence-corrected chi connectivity index (χ0v) is 13.4. The lowest BCUT2D eigenvalue weighted by Crippen LogP contribution is -2.14. The Kier molecular flexibility index (Phi) is 4.02. The Morgan fingerprint density at radius 3 is 2.64 bits per heavy atom. The molecule has 0 atom stereocenters. The van der Waals surface area contributed by atoms with Crippen molar-refractivity contribution in [3.8, 4) is 11.3 Å². The number of hydrogen-bond acceptors (Lipinski definition) is 3. The van der Waals surface area contributed by atoms with E-state index >= 15 is 0 Å². The van der Waals surface area contributed by atoms with Gasteiger partial charge in [0, 0.05) is 15.7 Å². The smallest absolute Gasteiger partial charge is 0.278 e. The van der Waals surface area contributed by atoms with Gasteiger partial charge in [-0.3, -0.25) is 4.79 Å². The topological polar surface area (TPSA) is 70.7 Å². The van der Waals surface area contributed by atoms with Crippen LogP contribution >= 0.6 is 15.9 Å². The summed E-state index contributed by atoms with van der Waals surface area (Å²) in [5, 5.41) is 13.5. The number of aromatic amines is 1. The van der Waals surface area contributed by atoms with E-state index in [0.717, 1.165) is 21.3 Å². The molecule has 0 fully saturated rings. The molecule has 2 N–H and O–H groups in total. The molecule has 0 saturated carbocycles. The molecular weight excluding hydrogens is 344 g/mol. The average Bonchev–Trinajstić information content (AvgIpc) is 3.02. The molecule has 5 nitrogen and oxygen atoms in total. The first-order valence-corrected chi connectivity index (χ1v) is 7.49. The minimum absolute atomic E-state index is 0.269. The van der Waals surface area contributed by atoms with Crippen LogP contribution in [0, 0.1) is 6.92 Å². The zero-order valence-electron chi connectivity index (χ0n) is 11.8. The fraction of sp³-hybridized carbons (Fsp3) is 0.0625. The van der Waals surface area contributed by atoms with Crippen molar-refractivity contribution in [2.75, 3.05) is 5.32 Å². The van der Waals surface area contributed by atoms with Gasteiger partial charge in [-0.1, -0.05) is 52.3 Å². The normalized spacial score (nSPS) is 10.5. The number of nitrogens with zero attached hydrogens (tertiary/aromatic N) is 2. The molecule has 0 aliphatic rings. The SMILES string of the molecule is Cc1c(Br)cccc1NC(=O)c1n[nH]nc1-c1ccccc1. The van der Waals surface area contributed by atoms with Crippen LogP contribution in [0.2, 0.25) is 0 Å².